The Morgan fingerprint density at radius 2 is 1.00 bits per heavy atom. The molecule has 6 aromatic rings. The van der Waals surface area contributed by atoms with Crippen LogP contribution in [0.1, 0.15) is 11.1 Å². The van der Waals surface area contributed by atoms with Crippen LogP contribution in [0.2, 0.25) is 5.02 Å². The molecule has 6 aromatic carbocycles. The van der Waals surface area contributed by atoms with Gasteiger partial charge in [-0.15, -0.1) is 0 Å². The van der Waals surface area contributed by atoms with Gasteiger partial charge in [0.2, 0.25) is 0 Å². The van der Waals surface area contributed by atoms with Gasteiger partial charge >= 0.3 is 0 Å². The fraction of sp³-hybridized carbons (Fsp3) is 0.0526. The smallest absolute Gasteiger partial charge is 0.180 e. The highest BCUT2D eigenvalue weighted by atomic mass is 35.5. The molecular formula is C38H30ClNSi. The molecule has 3 heteroatoms. The maximum absolute atomic E-state index is 6.77. The zero-order chi connectivity index (χ0) is 28.0. The zero-order valence-corrected chi connectivity index (χ0v) is 24.9. The highest BCUT2D eigenvalue weighted by Crippen LogP contribution is 2.38. The van der Waals surface area contributed by atoms with Gasteiger partial charge < -0.3 is 4.90 Å². The summed E-state index contributed by atoms with van der Waals surface area (Å²) in [6.07, 6.45) is 0. The fourth-order valence-corrected chi connectivity index (χ4v) is 11.8. The van der Waals surface area contributed by atoms with Gasteiger partial charge in [-0.2, -0.15) is 0 Å². The van der Waals surface area contributed by atoms with E-state index in [0.29, 0.717) is 0 Å². The van der Waals surface area contributed by atoms with Gasteiger partial charge in [-0.05, 0) is 94.3 Å². The van der Waals surface area contributed by atoms with E-state index in [9.17, 15) is 0 Å². The first-order valence-corrected chi connectivity index (χ1v) is 16.4. The molecule has 0 atom stereocenters. The summed E-state index contributed by atoms with van der Waals surface area (Å²) in [6.45, 7) is 4.32. The molecule has 0 aromatic heterocycles. The third-order valence-corrected chi connectivity index (χ3v) is 13.4. The van der Waals surface area contributed by atoms with Crippen molar-refractivity contribution in [2.75, 3.05) is 4.90 Å². The number of halogens is 1. The van der Waals surface area contributed by atoms with E-state index in [1.54, 1.807) is 0 Å². The van der Waals surface area contributed by atoms with Crippen LogP contribution in [-0.2, 0) is 0 Å². The van der Waals surface area contributed by atoms with Gasteiger partial charge in [0.1, 0.15) is 0 Å². The summed E-state index contributed by atoms with van der Waals surface area (Å²) in [4.78, 5) is 2.34. The molecule has 0 N–H and O–H groups in total. The average Bonchev–Trinajstić information content (AvgIpc) is 3.29. The lowest BCUT2D eigenvalue weighted by Crippen LogP contribution is -2.72. The Labute approximate surface area is 248 Å². The summed E-state index contributed by atoms with van der Waals surface area (Å²) in [5.41, 5.74) is 8.51. The maximum atomic E-state index is 6.77. The van der Waals surface area contributed by atoms with Crippen molar-refractivity contribution < 1.29 is 0 Å². The topological polar surface area (TPSA) is 3.24 Å². The molecule has 0 saturated carbocycles. The first-order valence-electron chi connectivity index (χ1n) is 14.0. The highest BCUT2D eigenvalue weighted by Gasteiger charge is 2.49. The van der Waals surface area contributed by atoms with Crippen LogP contribution in [-0.4, -0.2) is 8.07 Å². The summed E-state index contributed by atoms with van der Waals surface area (Å²) in [6, 6.07) is 53.2. The molecule has 0 amide bonds. The third-order valence-electron chi connectivity index (χ3n) is 8.34. The van der Waals surface area contributed by atoms with Gasteiger partial charge in [0, 0.05) is 22.1 Å². The average molecular weight is 564 g/mol. The van der Waals surface area contributed by atoms with E-state index in [4.69, 9.17) is 11.6 Å². The summed E-state index contributed by atoms with van der Waals surface area (Å²) in [5.74, 6) is 0. The third kappa shape index (κ3) is 4.23. The lowest BCUT2D eigenvalue weighted by molar-refractivity contribution is 1.29. The molecule has 0 radical (unpaired) electrons. The Balaban J connectivity index is 1.53. The minimum absolute atomic E-state index is 0.781. The van der Waals surface area contributed by atoms with Gasteiger partial charge in [0.15, 0.2) is 8.07 Å². The standard InChI is InChI=1S/C38H30ClNSi/c1-27-13-19-33(20-14-27)41(34-21-15-28(2)16-22-34)37-24-18-32(26-36(37)35-23-17-29(39)25-38(35)41)40(30-9-5-3-6-10-30)31-11-7-4-8-12-31/h3-26H,1-2H3. The molecule has 0 unspecified atom stereocenters. The van der Waals surface area contributed by atoms with Crippen molar-refractivity contribution in [3.63, 3.8) is 0 Å². The van der Waals surface area contributed by atoms with Crippen molar-refractivity contribution >= 4 is 57.5 Å². The van der Waals surface area contributed by atoms with Gasteiger partial charge in [0.25, 0.3) is 0 Å². The minimum Gasteiger partial charge on any atom is -0.310 e. The number of para-hydroxylation sites is 2. The SMILES string of the molecule is Cc1ccc([Si]2(c3ccc(C)cc3)c3ccc(N(c4ccccc4)c4ccccc4)cc3-c3ccc(Cl)cc32)cc1. The van der Waals surface area contributed by atoms with Crippen LogP contribution >= 0.6 is 11.6 Å². The molecular weight excluding hydrogens is 534 g/mol. The number of anilines is 3. The fourth-order valence-electron chi connectivity index (χ4n) is 6.42. The van der Waals surface area contributed by atoms with E-state index in [1.165, 1.54) is 43.0 Å². The van der Waals surface area contributed by atoms with Crippen molar-refractivity contribution in [3.05, 3.63) is 162 Å². The summed E-state index contributed by atoms with van der Waals surface area (Å²) < 4.78 is 0. The van der Waals surface area contributed by atoms with Crippen LogP contribution < -0.4 is 25.6 Å². The van der Waals surface area contributed by atoms with Crippen LogP contribution in [0.4, 0.5) is 17.1 Å². The van der Waals surface area contributed by atoms with Crippen molar-refractivity contribution in [1.82, 2.24) is 0 Å². The molecule has 41 heavy (non-hydrogen) atoms. The van der Waals surface area contributed by atoms with E-state index < -0.39 is 8.07 Å². The van der Waals surface area contributed by atoms with Crippen molar-refractivity contribution in [1.29, 1.82) is 0 Å². The molecule has 1 heterocycles. The summed E-state index contributed by atoms with van der Waals surface area (Å²) in [7, 11) is -2.62. The van der Waals surface area contributed by atoms with E-state index in [1.807, 2.05) is 6.07 Å². The van der Waals surface area contributed by atoms with Crippen LogP contribution in [0.15, 0.2) is 146 Å². The molecule has 1 nitrogen and oxygen atoms in total. The van der Waals surface area contributed by atoms with Crippen LogP contribution in [0.25, 0.3) is 11.1 Å². The van der Waals surface area contributed by atoms with Crippen molar-refractivity contribution in [2.45, 2.75) is 13.8 Å². The van der Waals surface area contributed by atoms with Crippen molar-refractivity contribution in [2.24, 2.45) is 0 Å². The zero-order valence-electron chi connectivity index (χ0n) is 23.2. The van der Waals surface area contributed by atoms with E-state index in [2.05, 4.69) is 158 Å². The Hall–Kier alpha value is -4.37. The number of hydrogen-bond donors (Lipinski definition) is 0. The quantitative estimate of drug-likeness (QED) is 0.193. The lowest BCUT2D eigenvalue weighted by Gasteiger charge is -2.32. The number of fused-ring (bicyclic) bond motifs is 3. The van der Waals surface area contributed by atoms with Crippen molar-refractivity contribution in [3.8, 4) is 11.1 Å². The predicted molar refractivity (Wildman–Crippen MR) is 178 cm³/mol. The molecule has 0 spiro atoms. The molecule has 1 aliphatic rings. The molecule has 0 saturated heterocycles. The number of aryl methyl sites for hydroxylation is 2. The van der Waals surface area contributed by atoms with Crippen LogP contribution in [0.5, 0.6) is 0 Å². The second-order valence-electron chi connectivity index (χ2n) is 10.9. The van der Waals surface area contributed by atoms with E-state index >= 15 is 0 Å². The second-order valence-corrected chi connectivity index (χ2v) is 15.1. The van der Waals surface area contributed by atoms with Crippen LogP contribution in [0.3, 0.4) is 0 Å². The minimum atomic E-state index is -2.62. The number of benzene rings is 6. The molecule has 0 bridgehead atoms. The summed E-state index contributed by atoms with van der Waals surface area (Å²) >= 11 is 6.77. The van der Waals surface area contributed by atoms with Gasteiger partial charge in [-0.1, -0.05) is 120 Å². The Kier molecular flexibility index (Phi) is 6.38. The van der Waals surface area contributed by atoms with Gasteiger partial charge in [0.05, 0.1) is 0 Å². The Morgan fingerprint density at radius 1 is 0.463 bits per heavy atom. The first kappa shape index (κ1) is 25.6. The Bertz CT molecular complexity index is 1760. The second kappa shape index (κ2) is 10.2. The van der Waals surface area contributed by atoms with E-state index in [-0.39, 0.29) is 0 Å². The highest BCUT2D eigenvalue weighted by molar-refractivity contribution is 7.22. The number of rotatable bonds is 5. The largest absolute Gasteiger partial charge is 0.310 e. The summed E-state index contributed by atoms with van der Waals surface area (Å²) in [5, 5.41) is 6.31. The molecule has 198 valence electrons. The molecule has 0 fully saturated rings. The molecule has 7 rings (SSSR count). The predicted octanol–water partition coefficient (Wildman–Crippen LogP) is 7.78. The monoisotopic (exact) mass is 563 g/mol. The lowest BCUT2D eigenvalue weighted by atomic mass is 10.0. The van der Waals surface area contributed by atoms with Gasteiger partial charge in [-0.3, -0.25) is 0 Å². The number of hydrogen-bond acceptors (Lipinski definition) is 1. The van der Waals surface area contributed by atoms with Crippen LogP contribution in [0, 0.1) is 13.8 Å². The normalized spacial score (nSPS) is 13.0. The molecule has 0 aliphatic carbocycles. The Morgan fingerprint density at radius 3 is 1.54 bits per heavy atom. The molecule has 1 aliphatic heterocycles. The van der Waals surface area contributed by atoms with Gasteiger partial charge in [-0.25, -0.2) is 0 Å². The van der Waals surface area contributed by atoms with E-state index in [0.717, 1.165) is 22.1 Å². The first-order chi connectivity index (χ1) is 20.1. The maximum Gasteiger partial charge on any atom is 0.180 e. The number of nitrogens with zero attached hydrogens (tertiary/aromatic N) is 1.